The van der Waals surface area contributed by atoms with Gasteiger partial charge in [-0.05, 0) is 29.8 Å². The SMILES string of the molecule is O=C(/C=C/c1ccccc1)Nc1nc2ccc(Br)cc2s1. The third kappa shape index (κ3) is 3.56. The lowest BCUT2D eigenvalue weighted by Crippen LogP contribution is -2.07. The molecule has 0 aliphatic rings. The topological polar surface area (TPSA) is 42.0 Å². The predicted molar refractivity (Wildman–Crippen MR) is 91.4 cm³/mol. The van der Waals surface area contributed by atoms with Gasteiger partial charge in [-0.2, -0.15) is 0 Å². The average Bonchev–Trinajstić information content (AvgIpc) is 2.87. The average molecular weight is 359 g/mol. The highest BCUT2D eigenvalue weighted by Crippen LogP contribution is 2.28. The fourth-order valence-electron chi connectivity index (χ4n) is 1.84. The number of carbonyl (C=O) groups excluding carboxylic acids is 1. The van der Waals surface area contributed by atoms with Crippen LogP contribution in [0.25, 0.3) is 16.3 Å². The summed E-state index contributed by atoms with van der Waals surface area (Å²) in [6.07, 6.45) is 3.29. The molecule has 1 aromatic heterocycles. The van der Waals surface area contributed by atoms with E-state index in [1.807, 2.05) is 48.5 Å². The number of aromatic nitrogens is 1. The van der Waals surface area contributed by atoms with Crippen molar-refractivity contribution < 1.29 is 4.79 Å². The van der Waals surface area contributed by atoms with E-state index in [0.29, 0.717) is 5.13 Å². The highest BCUT2D eigenvalue weighted by molar-refractivity contribution is 9.10. The van der Waals surface area contributed by atoms with Crippen LogP contribution < -0.4 is 5.32 Å². The molecule has 0 atom stereocenters. The number of rotatable bonds is 3. The minimum absolute atomic E-state index is 0.183. The van der Waals surface area contributed by atoms with Crippen LogP contribution in [-0.2, 0) is 4.79 Å². The van der Waals surface area contributed by atoms with E-state index in [2.05, 4.69) is 26.2 Å². The molecule has 21 heavy (non-hydrogen) atoms. The van der Waals surface area contributed by atoms with Crippen molar-refractivity contribution in [3.05, 3.63) is 64.6 Å². The number of halogens is 1. The van der Waals surface area contributed by atoms with E-state index in [4.69, 9.17) is 0 Å². The van der Waals surface area contributed by atoms with Crippen molar-refractivity contribution in [2.75, 3.05) is 5.32 Å². The number of benzene rings is 2. The van der Waals surface area contributed by atoms with Crippen molar-refractivity contribution in [3.8, 4) is 0 Å². The summed E-state index contributed by atoms with van der Waals surface area (Å²) in [7, 11) is 0. The number of nitrogens with one attached hydrogen (secondary N) is 1. The highest BCUT2D eigenvalue weighted by Gasteiger charge is 2.06. The molecule has 2 aromatic carbocycles. The third-order valence-corrected chi connectivity index (χ3v) is 4.23. The van der Waals surface area contributed by atoms with Crippen LogP contribution in [-0.4, -0.2) is 10.9 Å². The lowest BCUT2D eigenvalue weighted by molar-refractivity contribution is -0.111. The molecule has 0 saturated carbocycles. The molecule has 1 heterocycles. The molecule has 0 aliphatic heterocycles. The third-order valence-electron chi connectivity index (χ3n) is 2.81. The number of hydrogen-bond acceptors (Lipinski definition) is 3. The minimum Gasteiger partial charge on any atom is -0.298 e. The lowest BCUT2D eigenvalue weighted by atomic mass is 10.2. The molecule has 0 fully saturated rings. The van der Waals surface area contributed by atoms with Gasteiger partial charge in [0, 0.05) is 10.5 Å². The maximum Gasteiger partial charge on any atom is 0.250 e. The van der Waals surface area contributed by atoms with E-state index in [-0.39, 0.29) is 5.91 Å². The number of hydrogen-bond donors (Lipinski definition) is 1. The van der Waals surface area contributed by atoms with E-state index in [0.717, 1.165) is 20.3 Å². The first-order chi connectivity index (χ1) is 10.2. The van der Waals surface area contributed by atoms with Crippen molar-refractivity contribution >= 4 is 54.6 Å². The first-order valence-corrected chi connectivity index (χ1v) is 7.92. The molecule has 0 unspecified atom stereocenters. The number of anilines is 1. The second kappa shape index (κ2) is 6.20. The molecule has 3 rings (SSSR count). The van der Waals surface area contributed by atoms with Gasteiger partial charge in [-0.15, -0.1) is 0 Å². The quantitative estimate of drug-likeness (QED) is 0.688. The number of nitrogens with zero attached hydrogens (tertiary/aromatic N) is 1. The van der Waals surface area contributed by atoms with Crippen molar-refractivity contribution in [3.63, 3.8) is 0 Å². The summed E-state index contributed by atoms with van der Waals surface area (Å²) >= 11 is 4.88. The Bertz CT molecular complexity index is 812. The van der Waals surface area contributed by atoms with Crippen LogP contribution in [0.3, 0.4) is 0 Å². The summed E-state index contributed by atoms with van der Waals surface area (Å²) in [4.78, 5) is 16.3. The zero-order valence-corrected chi connectivity index (χ0v) is 13.3. The second-order valence-electron chi connectivity index (χ2n) is 4.36. The zero-order valence-electron chi connectivity index (χ0n) is 10.9. The van der Waals surface area contributed by atoms with Crippen molar-refractivity contribution in [2.24, 2.45) is 0 Å². The van der Waals surface area contributed by atoms with E-state index in [9.17, 15) is 4.79 Å². The van der Waals surface area contributed by atoms with Gasteiger partial charge in [0.25, 0.3) is 0 Å². The molecule has 0 bridgehead atoms. The molecule has 1 N–H and O–H groups in total. The molecular formula is C16H11BrN2OS. The van der Waals surface area contributed by atoms with E-state index >= 15 is 0 Å². The Hall–Kier alpha value is -1.98. The van der Waals surface area contributed by atoms with Crippen LogP contribution >= 0.6 is 27.3 Å². The van der Waals surface area contributed by atoms with Gasteiger partial charge in [-0.25, -0.2) is 4.98 Å². The van der Waals surface area contributed by atoms with Crippen LogP contribution in [0, 0.1) is 0 Å². The summed E-state index contributed by atoms with van der Waals surface area (Å²) in [5.74, 6) is -0.183. The molecule has 0 saturated heterocycles. The maximum absolute atomic E-state index is 11.9. The Morgan fingerprint density at radius 3 is 2.81 bits per heavy atom. The Labute approximate surface area is 134 Å². The van der Waals surface area contributed by atoms with Crippen molar-refractivity contribution in [2.45, 2.75) is 0 Å². The van der Waals surface area contributed by atoms with Gasteiger partial charge in [0.15, 0.2) is 5.13 Å². The van der Waals surface area contributed by atoms with Crippen molar-refractivity contribution in [1.29, 1.82) is 0 Å². The van der Waals surface area contributed by atoms with Gasteiger partial charge in [0.05, 0.1) is 10.2 Å². The standard InChI is InChI=1S/C16H11BrN2OS/c17-12-7-8-13-14(10-12)21-16(18-13)19-15(20)9-6-11-4-2-1-3-5-11/h1-10H,(H,18,19,20)/b9-6+. The lowest BCUT2D eigenvalue weighted by Gasteiger charge is -1.95. The van der Waals surface area contributed by atoms with E-state index in [1.54, 1.807) is 6.08 Å². The van der Waals surface area contributed by atoms with Gasteiger partial charge in [-0.3, -0.25) is 10.1 Å². The summed E-state index contributed by atoms with van der Waals surface area (Å²) in [6.45, 7) is 0. The molecule has 104 valence electrons. The monoisotopic (exact) mass is 358 g/mol. The smallest absolute Gasteiger partial charge is 0.250 e. The second-order valence-corrected chi connectivity index (χ2v) is 6.31. The van der Waals surface area contributed by atoms with Crippen LogP contribution in [0.2, 0.25) is 0 Å². The molecule has 3 nitrogen and oxygen atoms in total. The van der Waals surface area contributed by atoms with Gasteiger partial charge < -0.3 is 0 Å². The molecular weight excluding hydrogens is 348 g/mol. The molecule has 1 amide bonds. The summed E-state index contributed by atoms with van der Waals surface area (Å²) < 4.78 is 2.03. The number of amides is 1. The molecule has 0 radical (unpaired) electrons. The van der Waals surface area contributed by atoms with Gasteiger partial charge in [0.2, 0.25) is 5.91 Å². The van der Waals surface area contributed by atoms with E-state index in [1.165, 1.54) is 17.4 Å². The minimum atomic E-state index is -0.183. The summed E-state index contributed by atoms with van der Waals surface area (Å²) in [5, 5.41) is 3.39. The number of carbonyl (C=O) groups is 1. The Balaban J connectivity index is 1.73. The van der Waals surface area contributed by atoms with Crippen LogP contribution in [0.4, 0.5) is 5.13 Å². The largest absolute Gasteiger partial charge is 0.298 e. The molecule has 0 aliphatic carbocycles. The normalized spacial score (nSPS) is 11.1. The zero-order chi connectivity index (χ0) is 14.7. The summed E-state index contributed by atoms with van der Waals surface area (Å²) in [6, 6.07) is 15.5. The predicted octanol–water partition coefficient (Wildman–Crippen LogP) is 4.71. The number of thiazole rings is 1. The first-order valence-electron chi connectivity index (χ1n) is 6.31. The van der Waals surface area contributed by atoms with Gasteiger partial charge in [-0.1, -0.05) is 57.6 Å². The number of fused-ring (bicyclic) bond motifs is 1. The Kier molecular flexibility index (Phi) is 4.13. The Morgan fingerprint density at radius 2 is 2.00 bits per heavy atom. The van der Waals surface area contributed by atoms with Crippen molar-refractivity contribution in [1.82, 2.24) is 4.98 Å². The van der Waals surface area contributed by atoms with E-state index < -0.39 is 0 Å². The van der Waals surface area contributed by atoms with Gasteiger partial charge in [0.1, 0.15) is 0 Å². The Morgan fingerprint density at radius 1 is 1.19 bits per heavy atom. The maximum atomic E-state index is 11.9. The van der Waals surface area contributed by atoms with Crippen LogP contribution in [0.15, 0.2) is 59.1 Å². The fourth-order valence-corrected chi connectivity index (χ4v) is 3.26. The van der Waals surface area contributed by atoms with Crippen LogP contribution in [0.5, 0.6) is 0 Å². The van der Waals surface area contributed by atoms with Crippen LogP contribution in [0.1, 0.15) is 5.56 Å². The highest BCUT2D eigenvalue weighted by atomic mass is 79.9. The summed E-state index contributed by atoms with van der Waals surface area (Å²) in [5.41, 5.74) is 1.87. The first kappa shape index (κ1) is 14.0. The fraction of sp³-hybridized carbons (Fsp3) is 0. The van der Waals surface area contributed by atoms with Gasteiger partial charge >= 0.3 is 0 Å². The molecule has 5 heteroatoms. The molecule has 0 spiro atoms. The molecule has 3 aromatic rings.